The number of fused-ring (bicyclic) bond motifs is 5. The third kappa shape index (κ3) is 1.78. The Morgan fingerprint density at radius 2 is 2.09 bits per heavy atom. The van der Waals surface area contributed by atoms with Crippen LogP contribution in [-0.4, -0.2) is 12.9 Å². The number of methoxy groups -OCH3 is 1. The van der Waals surface area contributed by atoms with Crippen LogP contribution in [0.3, 0.4) is 0 Å². The lowest BCUT2D eigenvalue weighted by Crippen LogP contribution is -2.11. The van der Waals surface area contributed by atoms with E-state index in [0.717, 1.165) is 63.6 Å². The molecule has 0 radical (unpaired) electrons. The molecule has 1 aliphatic rings. The summed E-state index contributed by atoms with van der Waals surface area (Å²) in [4.78, 5) is 12.3. The number of ketones is 1. The first-order valence-corrected chi connectivity index (χ1v) is 7.81. The van der Waals surface area contributed by atoms with Gasteiger partial charge in [-0.3, -0.25) is 4.79 Å². The molecule has 3 heteroatoms. The molecule has 0 unspecified atom stereocenters. The first-order chi connectivity index (χ1) is 10.7. The molecule has 112 valence electrons. The van der Waals surface area contributed by atoms with E-state index in [0.29, 0.717) is 6.42 Å². The number of Topliss-reactive ketones (excluding diaryl/α,β-unsaturated/α-hetero) is 1. The Labute approximate surface area is 128 Å². The van der Waals surface area contributed by atoms with Crippen molar-refractivity contribution in [1.29, 1.82) is 0 Å². The largest absolute Gasteiger partial charge is 0.497 e. The Morgan fingerprint density at radius 3 is 2.86 bits per heavy atom. The topological polar surface area (TPSA) is 39.4 Å². The number of furan rings is 1. The average molecular weight is 294 g/mol. The molecular formula is C19H18O3. The molecule has 0 spiro atoms. The number of ether oxygens (including phenoxy) is 1. The highest BCUT2D eigenvalue weighted by molar-refractivity contribution is 6.13. The van der Waals surface area contributed by atoms with E-state index in [1.807, 2.05) is 24.3 Å². The van der Waals surface area contributed by atoms with Crippen LogP contribution in [0.25, 0.3) is 21.9 Å². The molecular weight excluding hydrogens is 276 g/mol. The van der Waals surface area contributed by atoms with E-state index in [1.165, 1.54) is 0 Å². The maximum absolute atomic E-state index is 12.3. The van der Waals surface area contributed by atoms with Crippen LogP contribution in [0.4, 0.5) is 0 Å². The molecule has 1 aromatic heterocycles. The van der Waals surface area contributed by atoms with E-state index in [2.05, 4.69) is 6.92 Å². The summed E-state index contributed by atoms with van der Waals surface area (Å²) in [5, 5.41) is 2.16. The molecule has 0 N–H and O–H groups in total. The number of rotatable bonds is 2. The van der Waals surface area contributed by atoms with Gasteiger partial charge in [0.05, 0.1) is 7.11 Å². The van der Waals surface area contributed by atoms with E-state index < -0.39 is 0 Å². The molecule has 0 aliphatic heterocycles. The van der Waals surface area contributed by atoms with Crippen LogP contribution in [0.5, 0.6) is 5.75 Å². The van der Waals surface area contributed by atoms with E-state index in [-0.39, 0.29) is 5.78 Å². The Kier molecular flexibility index (Phi) is 2.96. The van der Waals surface area contributed by atoms with Gasteiger partial charge in [-0.15, -0.1) is 0 Å². The third-order valence-corrected chi connectivity index (χ3v) is 4.64. The van der Waals surface area contributed by atoms with Gasteiger partial charge in [-0.25, -0.2) is 0 Å². The zero-order chi connectivity index (χ0) is 15.3. The fraction of sp³-hybridized carbons (Fsp3) is 0.316. The van der Waals surface area contributed by atoms with Crippen LogP contribution in [0.2, 0.25) is 0 Å². The molecule has 0 fully saturated rings. The zero-order valence-corrected chi connectivity index (χ0v) is 12.9. The second-order valence-electron chi connectivity index (χ2n) is 5.86. The predicted octanol–water partition coefficient (Wildman–Crippen LogP) is 4.68. The van der Waals surface area contributed by atoms with Gasteiger partial charge in [-0.2, -0.15) is 0 Å². The highest BCUT2D eigenvalue weighted by Gasteiger charge is 2.24. The summed E-state index contributed by atoms with van der Waals surface area (Å²) in [5.74, 6) is 1.07. The maximum atomic E-state index is 12.3. The molecule has 3 aromatic rings. The molecule has 0 saturated heterocycles. The first-order valence-electron chi connectivity index (χ1n) is 7.81. The van der Waals surface area contributed by atoms with Crippen molar-refractivity contribution in [2.75, 3.05) is 7.11 Å². The number of aryl methyl sites for hydroxylation is 2. The number of carbonyl (C=O) groups excluding carboxylic acids is 1. The summed E-state index contributed by atoms with van der Waals surface area (Å²) in [6.45, 7) is 2.10. The van der Waals surface area contributed by atoms with Crippen LogP contribution < -0.4 is 4.74 Å². The quantitative estimate of drug-likeness (QED) is 0.689. The second-order valence-corrected chi connectivity index (χ2v) is 5.86. The minimum atomic E-state index is 0.259. The van der Waals surface area contributed by atoms with Crippen molar-refractivity contribution in [3.05, 3.63) is 41.0 Å². The highest BCUT2D eigenvalue weighted by Crippen LogP contribution is 2.39. The standard InChI is InChI=1S/C19H18O3/c1-3-11-9-14-13(5-4-6-16(14)20)18-15-10-12(21-2)7-8-17(15)22-19(11)18/h7-10H,3-6H2,1-2H3. The predicted molar refractivity (Wildman–Crippen MR) is 86.9 cm³/mol. The minimum absolute atomic E-state index is 0.259. The smallest absolute Gasteiger partial charge is 0.163 e. The van der Waals surface area contributed by atoms with Gasteiger partial charge in [0, 0.05) is 22.8 Å². The van der Waals surface area contributed by atoms with Crippen molar-refractivity contribution in [2.45, 2.75) is 32.6 Å². The summed E-state index contributed by atoms with van der Waals surface area (Å²) in [7, 11) is 1.67. The van der Waals surface area contributed by atoms with Crippen LogP contribution in [0.15, 0.2) is 28.7 Å². The number of hydrogen-bond acceptors (Lipinski definition) is 3. The normalized spacial score (nSPS) is 14.5. The minimum Gasteiger partial charge on any atom is -0.497 e. The van der Waals surface area contributed by atoms with Gasteiger partial charge < -0.3 is 9.15 Å². The van der Waals surface area contributed by atoms with Crippen LogP contribution in [-0.2, 0) is 12.8 Å². The lowest BCUT2D eigenvalue weighted by molar-refractivity contribution is 0.0973. The Hall–Kier alpha value is -2.29. The van der Waals surface area contributed by atoms with Gasteiger partial charge >= 0.3 is 0 Å². The summed E-state index contributed by atoms with van der Waals surface area (Å²) >= 11 is 0. The van der Waals surface area contributed by atoms with Crippen molar-refractivity contribution >= 4 is 27.7 Å². The summed E-state index contributed by atoms with van der Waals surface area (Å²) in [5.41, 5.74) is 4.94. The lowest BCUT2D eigenvalue weighted by Gasteiger charge is -2.17. The SMILES string of the molecule is CCc1cc2c(c3c1oc1ccc(OC)cc13)CCCC2=O. The van der Waals surface area contributed by atoms with Crippen molar-refractivity contribution in [3.63, 3.8) is 0 Å². The fourth-order valence-corrected chi connectivity index (χ4v) is 3.52. The Bertz CT molecular complexity index is 902. The second kappa shape index (κ2) is 4.87. The first kappa shape index (κ1) is 13.4. The molecule has 4 rings (SSSR count). The summed E-state index contributed by atoms with van der Waals surface area (Å²) in [6, 6.07) is 7.91. The van der Waals surface area contributed by atoms with Gasteiger partial charge in [0.2, 0.25) is 0 Å². The van der Waals surface area contributed by atoms with Gasteiger partial charge in [0.1, 0.15) is 16.9 Å². The average Bonchev–Trinajstić information content (AvgIpc) is 2.93. The molecule has 0 atom stereocenters. The molecule has 0 bridgehead atoms. The van der Waals surface area contributed by atoms with Crippen molar-refractivity contribution in [3.8, 4) is 5.75 Å². The fourth-order valence-electron chi connectivity index (χ4n) is 3.52. The molecule has 0 saturated carbocycles. The highest BCUT2D eigenvalue weighted by atomic mass is 16.5. The number of carbonyl (C=O) groups is 1. The van der Waals surface area contributed by atoms with Gasteiger partial charge in [0.15, 0.2) is 5.78 Å². The summed E-state index contributed by atoms with van der Waals surface area (Å²) in [6.07, 6.45) is 3.37. The van der Waals surface area contributed by atoms with Crippen molar-refractivity contribution in [1.82, 2.24) is 0 Å². The Balaban J connectivity index is 2.18. The van der Waals surface area contributed by atoms with Crippen molar-refractivity contribution in [2.24, 2.45) is 0 Å². The lowest BCUT2D eigenvalue weighted by atomic mass is 9.85. The van der Waals surface area contributed by atoms with Gasteiger partial charge in [0.25, 0.3) is 0 Å². The van der Waals surface area contributed by atoms with Crippen LogP contribution in [0, 0.1) is 0 Å². The Morgan fingerprint density at radius 1 is 1.23 bits per heavy atom. The molecule has 1 aliphatic carbocycles. The molecule has 1 heterocycles. The number of benzene rings is 2. The van der Waals surface area contributed by atoms with Gasteiger partial charge in [-0.1, -0.05) is 6.92 Å². The van der Waals surface area contributed by atoms with E-state index in [1.54, 1.807) is 7.11 Å². The van der Waals surface area contributed by atoms with E-state index in [4.69, 9.17) is 9.15 Å². The third-order valence-electron chi connectivity index (χ3n) is 4.64. The molecule has 2 aromatic carbocycles. The monoisotopic (exact) mass is 294 g/mol. The molecule has 3 nitrogen and oxygen atoms in total. The van der Waals surface area contributed by atoms with Crippen LogP contribution in [0.1, 0.15) is 41.3 Å². The molecule has 22 heavy (non-hydrogen) atoms. The van der Waals surface area contributed by atoms with Crippen LogP contribution >= 0.6 is 0 Å². The van der Waals surface area contributed by atoms with Gasteiger partial charge in [-0.05, 0) is 54.7 Å². The van der Waals surface area contributed by atoms with Crippen molar-refractivity contribution < 1.29 is 13.9 Å². The summed E-state index contributed by atoms with van der Waals surface area (Å²) < 4.78 is 11.5. The molecule has 0 amide bonds. The van der Waals surface area contributed by atoms with E-state index >= 15 is 0 Å². The zero-order valence-electron chi connectivity index (χ0n) is 12.9. The maximum Gasteiger partial charge on any atom is 0.163 e. The van der Waals surface area contributed by atoms with E-state index in [9.17, 15) is 4.79 Å². The number of hydrogen-bond donors (Lipinski definition) is 0.